The highest BCUT2D eigenvalue weighted by Crippen LogP contribution is 2.13. The summed E-state index contributed by atoms with van der Waals surface area (Å²) in [7, 11) is 3.97. The topological polar surface area (TPSA) is 55.8 Å². The molecule has 178 valence electrons. The second-order valence-electron chi connectivity index (χ2n) is 8.69. The molecule has 5 nitrogen and oxygen atoms in total. The van der Waals surface area contributed by atoms with Crippen molar-refractivity contribution in [2.75, 3.05) is 33.9 Å². The molecule has 0 aliphatic carbocycles. The molecule has 0 unspecified atom stereocenters. The molecule has 0 rings (SSSR count). The third-order valence-corrected chi connectivity index (χ3v) is 5.29. The molecule has 0 saturated heterocycles. The largest absolute Gasteiger partial charge is 0.466 e. The van der Waals surface area contributed by atoms with Gasteiger partial charge in [-0.15, -0.1) is 0 Å². The molecule has 30 heavy (non-hydrogen) atoms. The molecule has 0 radical (unpaired) electrons. The highest BCUT2D eigenvalue weighted by molar-refractivity contribution is 5.69. The first-order chi connectivity index (χ1) is 14.6. The second kappa shape index (κ2) is 22.6. The normalized spacial score (nSPS) is 11.1. The first-order valence-corrected chi connectivity index (χ1v) is 12.5. The average molecular weight is 428 g/mol. The van der Waals surface area contributed by atoms with E-state index in [0.29, 0.717) is 32.5 Å². The first kappa shape index (κ1) is 28.9. The molecule has 0 atom stereocenters. The Bertz CT molecular complexity index is 399. The maximum atomic E-state index is 11.7. The van der Waals surface area contributed by atoms with Crippen molar-refractivity contribution in [2.24, 2.45) is 0 Å². The minimum absolute atomic E-state index is 0.129. The summed E-state index contributed by atoms with van der Waals surface area (Å²) >= 11 is 0. The van der Waals surface area contributed by atoms with Gasteiger partial charge in [0.1, 0.15) is 0 Å². The summed E-state index contributed by atoms with van der Waals surface area (Å²) in [4.78, 5) is 25.3. The van der Waals surface area contributed by atoms with Crippen LogP contribution >= 0.6 is 0 Å². The van der Waals surface area contributed by atoms with Crippen LogP contribution in [-0.4, -0.2) is 50.7 Å². The van der Waals surface area contributed by atoms with Gasteiger partial charge in [-0.25, -0.2) is 0 Å². The van der Waals surface area contributed by atoms with Gasteiger partial charge < -0.3 is 14.4 Å². The fraction of sp³-hybridized carbons (Fsp3) is 0.920. The molecule has 0 amide bonds. The van der Waals surface area contributed by atoms with Crippen LogP contribution in [0.2, 0.25) is 0 Å². The van der Waals surface area contributed by atoms with Crippen LogP contribution in [0.5, 0.6) is 0 Å². The standard InChI is InChI=1S/C25H49NO4/c1-4-5-6-7-8-9-10-11-12-13-14-15-16-19-24(27)29-22-18-23-30-25(28)20-17-21-26(2)3/h4-23H2,1-3H3. The van der Waals surface area contributed by atoms with Gasteiger partial charge in [-0.1, -0.05) is 84.0 Å². The second-order valence-corrected chi connectivity index (χ2v) is 8.69. The number of carbonyl (C=O) groups excluding carboxylic acids is 2. The van der Waals surface area contributed by atoms with Crippen LogP contribution in [0.1, 0.15) is 116 Å². The van der Waals surface area contributed by atoms with Gasteiger partial charge in [0.05, 0.1) is 13.2 Å². The average Bonchev–Trinajstić information content (AvgIpc) is 2.71. The molecule has 5 heteroatoms. The van der Waals surface area contributed by atoms with Gasteiger partial charge in [-0.05, 0) is 33.5 Å². The molecule has 0 heterocycles. The van der Waals surface area contributed by atoms with E-state index in [4.69, 9.17) is 9.47 Å². The summed E-state index contributed by atoms with van der Waals surface area (Å²) in [5, 5.41) is 0. The molecular weight excluding hydrogens is 378 g/mol. The molecular formula is C25H49NO4. The lowest BCUT2D eigenvalue weighted by molar-refractivity contribution is -0.146. The van der Waals surface area contributed by atoms with Crippen LogP contribution in [0, 0.1) is 0 Å². The zero-order valence-corrected chi connectivity index (χ0v) is 20.2. The van der Waals surface area contributed by atoms with Crippen molar-refractivity contribution < 1.29 is 19.1 Å². The molecule has 0 aliphatic heterocycles. The number of nitrogens with zero attached hydrogens (tertiary/aromatic N) is 1. The van der Waals surface area contributed by atoms with Gasteiger partial charge in [0.25, 0.3) is 0 Å². The van der Waals surface area contributed by atoms with Crippen LogP contribution in [-0.2, 0) is 19.1 Å². The Morgan fingerprint density at radius 2 is 0.967 bits per heavy atom. The Hall–Kier alpha value is -1.10. The zero-order valence-electron chi connectivity index (χ0n) is 20.2. The van der Waals surface area contributed by atoms with E-state index < -0.39 is 0 Å². The zero-order chi connectivity index (χ0) is 22.3. The monoisotopic (exact) mass is 427 g/mol. The minimum atomic E-state index is -0.171. The fourth-order valence-corrected chi connectivity index (χ4v) is 3.40. The van der Waals surface area contributed by atoms with Gasteiger partial charge >= 0.3 is 11.9 Å². The SMILES string of the molecule is CCCCCCCCCCCCCCCC(=O)OCCCOC(=O)CCCN(C)C. The third kappa shape index (κ3) is 23.2. The predicted octanol–water partition coefficient (Wildman–Crippen LogP) is 6.29. The molecule has 0 aromatic rings. The van der Waals surface area contributed by atoms with Gasteiger partial charge in [0, 0.05) is 19.3 Å². The molecule has 0 fully saturated rings. The van der Waals surface area contributed by atoms with Crippen molar-refractivity contribution in [1.82, 2.24) is 4.90 Å². The van der Waals surface area contributed by atoms with Crippen molar-refractivity contribution in [3.05, 3.63) is 0 Å². The Balaban J connectivity index is 3.26. The Morgan fingerprint density at radius 1 is 0.567 bits per heavy atom. The van der Waals surface area contributed by atoms with E-state index in [1.165, 1.54) is 70.6 Å². The first-order valence-electron chi connectivity index (χ1n) is 12.5. The van der Waals surface area contributed by atoms with E-state index in [1.807, 2.05) is 19.0 Å². The van der Waals surface area contributed by atoms with Crippen LogP contribution in [0.25, 0.3) is 0 Å². The molecule has 0 N–H and O–H groups in total. The maximum absolute atomic E-state index is 11.7. The summed E-state index contributed by atoms with van der Waals surface area (Å²) in [5.74, 6) is -0.300. The number of unbranched alkanes of at least 4 members (excludes halogenated alkanes) is 12. The summed E-state index contributed by atoms with van der Waals surface area (Å²) < 4.78 is 10.3. The third-order valence-electron chi connectivity index (χ3n) is 5.29. The molecule has 0 spiro atoms. The molecule has 0 aliphatic rings. The molecule has 0 bridgehead atoms. The lowest BCUT2D eigenvalue weighted by atomic mass is 10.0. The van der Waals surface area contributed by atoms with Crippen LogP contribution < -0.4 is 0 Å². The van der Waals surface area contributed by atoms with E-state index in [1.54, 1.807) is 0 Å². The quantitative estimate of drug-likeness (QED) is 0.150. The number of rotatable bonds is 22. The smallest absolute Gasteiger partial charge is 0.305 e. The molecule has 0 aromatic carbocycles. The van der Waals surface area contributed by atoms with Crippen LogP contribution in [0.4, 0.5) is 0 Å². The van der Waals surface area contributed by atoms with Gasteiger partial charge in [-0.2, -0.15) is 0 Å². The number of carbonyl (C=O) groups is 2. The highest BCUT2D eigenvalue weighted by Gasteiger charge is 2.05. The number of ether oxygens (including phenoxy) is 2. The van der Waals surface area contributed by atoms with Crippen molar-refractivity contribution in [1.29, 1.82) is 0 Å². The summed E-state index contributed by atoms with van der Waals surface area (Å²) in [6, 6.07) is 0. The summed E-state index contributed by atoms with van der Waals surface area (Å²) in [6.07, 6.45) is 19.2. The van der Waals surface area contributed by atoms with E-state index in [9.17, 15) is 9.59 Å². The molecule has 0 aromatic heterocycles. The van der Waals surface area contributed by atoms with E-state index in [2.05, 4.69) is 6.92 Å². The number of hydrogen-bond donors (Lipinski definition) is 0. The molecule has 0 saturated carbocycles. The Kier molecular flexibility index (Phi) is 21.8. The lowest BCUT2D eigenvalue weighted by Gasteiger charge is -2.09. The Morgan fingerprint density at radius 3 is 1.40 bits per heavy atom. The van der Waals surface area contributed by atoms with Crippen molar-refractivity contribution in [2.45, 2.75) is 116 Å². The summed E-state index contributed by atoms with van der Waals surface area (Å²) in [6.45, 7) is 3.81. The fourth-order valence-electron chi connectivity index (χ4n) is 3.40. The minimum Gasteiger partial charge on any atom is -0.466 e. The van der Waals surface area contributed by atoms with E-state index >= 15 is 0 Å². The van der Waals surface area contributed by atoms with Crippen molar-refractivity contribution >= 4 is 11.9 Å². The highest BCUT2D eigenvalue weighted by atomic mass is 16.5. The number of hydrogen-bond acceptors (Lipinski definition) is 5. The lowest BCUT2D eigenvalue weighted by Crippen LogP contribution is -2.15. The number of esters is 2. The van der Waals surface area contributed by atoms with E-state index in [0.717, 1.165) is 25.8 Å². The summed E-state index contributed by atoms with van der Waals surface area (Å²) in [5.41, 5.74) is 0. The van der Waals surface area contributed by atoms with Gasteiger partial charge in [0.2, 0.25) is 0 Å². The van der Waals surface area contributed by atoms with Crippen molar-refractivity contribution in [3.8, 4) is 0 Å². The van der Waals surface area contributed by atoms with Crippen molar-refractivity contribution in [3.63, 3.8) is 0 Å². The van der Waals surface area contributed by atoms with Crippen LogP contribution in [0.15, 0.2) is 0 Å². The predicted molar refractivity (Wildman–Crippen MR) is 125 cm³/mol. The Labute approximate surface area is 186 Å². The van der Waals surface area contributed by atoms with Gasteiger partial charge in [-0.3, -0.25) is 9.59 Å². The van der Waals surface area contributed by atoms with Gasteiger partial charge in [0.15, 0.2) is 0 Å². The van der Waals surface area contributed by atoms with E-state index in [-0.39, 0.29) is 11.9 Å². The van der Waals surface area contributed by atoms with Crippen LogP contribution in [0.3, 0.4) is 0 Å². The maximum Gasteiger partial charge on any atom is 0.305 e.